The van der Waals surface area contributed by atoms with Crippen LogP contribution >= 0.6 is 0 Å². The van der Waals surface area contributed by atoms with Crippen molar-refractivity contribution in [1.82, 2.24) is 9.55 Å². The predicted octanol–water partition coefficient (Wildman–Crippen LogP) is -1.91. The molecule has 1 aliphatic heterocycles. The summed E-state index contributed by atoms with van der Waals surface area (Å²) in [4.78, 5) is 15.3. The van der Waals surface area contributed by atoms with Crippen molar-refractivity contribution < 1.29 is 19.7 Å². The largest absolute Gasteiger partial charge is 0.394 e. The lowest BCUT2D eigenvalue weighted by molar-refractivity contribution is -0.0624. The molecular formula is C10H15N3O5. The number of rotatable bonds is 3. The SMILES string of the molecule is CO[C@@H]1C(n2ccc(N)nc2=O)O[C@H](CO)[C@H]1O. The zero-order valence-corrected chi connectivity index (χ0v) is 9.76. The van der Waals surface area contributed by atoms with Gasteiger partial charge in [-0.2, -0.15) is 4.98 Å². The zero-order chi connectivity index (χ0) is 13.3. The molecule has 0 aromatic carbocycles. The number of hydrogen-bond acceptors (Lipinski definition) is 7. The second kappa shape index (κ2) is 5.02. The van der Waals surface area contributed by atoms with E-state index in [1.807, 2.05) is 0 Å². The molecule has 4 atom stereocenters. The highest BCUT2D eigenvalue weighted by molar-refractivity contribution is 5.23. The number of hydrogen-bond donors (Lipinski definition) is 3. The summed E-state index contributed by atoms with van der Waals surface area (Å²) in [5, 5.41) is 18.9. The molecule has 4 N–H and O–H groups in total. The Balaban J connectivity index is 2.35. The van der Waals surface area contributed by atoms with Crippen molar-refractivity contribution in [1.29, 1.82) is 0 Å². The van der Waals surface area contributed by atoms with E-state index in [-0.39, 0.29) is 12.4 Å². The monoisotopic (exact) mass is 257 g/mol. The molecule has 0 saturated carbocycles. The minimum Gasteiger partial charge on any atom is -0.394 e. The van der Waals surface area contributed by atoms with E-state index in [0.717, 1.165) is 0 Å². The smallest absolute Gasteiger partial charge is 0.351 e. The van der Waals surface area contributed by atoms with Crippen LogP contribution in [-0.4, -0.2) is 51.8 Å². The van der Waals surface area contributed by atoms with Crippen LogP contribution in [0.1, 0.15) is 6.23 Å². The van der Waals surface area contributed by atoms with Crippen molar-refractivity contribution in [3.05, 3.63) is 22.7 Å². The molecule has 18 heavy (non-hydrogen) atoms. The van der Waals surface area contributed by atoms with E-state index in [4.69, 9.17) is 20.3 Å². The van der Waals surface area contributed by atoms with Gasteiger partial charge in [0.1, 0.15) is 24.1 Å². The van der Waals surface area contributed by atoms with Gasteiger partial charge >= 0.3 is 5.69 Å². The Morgan fingerprint density at radius 1 is 1.67 bits per heavy atom. The van der Waals surface area contributed by atoms with Gasteiger partial charge in [-0.05, 0) is 6.07 Å². The Morgan fingerprint density at radius 2 is 2.39 bits per heavy atom. The third kappa shape index (κ3) is 2.10. The maximum absolute atomic E-state index is 11.7. The lowest BCUT2D eigenvalue weighted by Gasteiger charge is -2.20. The van der Waals surface area contributed by atoms with Crippen LogP contribution in [0.2, 0.25) is 0 Å². The molecule has 0 aliphatic carbocycles. The molecule has 1 fully saturated rings. The van der Waals surface area contributed by atoms with E-state index in [2.05, 4.69) is 4.98 Å². The molecule has 1 aromatic rings. The van der Waals surface area contributed by atoms with Crippen LogP contribution in [0.25, 0.3) is 0 Å². The molecule has 1 unspecified atom stereocenters. The van der Waals surface area contributed by atoms with Crippen molar-refractivity contribution in [3.8, 4) is 0 Å². The molecular weight excluding hydrogens is 242 g/mol. The van der Waals surface area contributed by atoms with Crippen LogP contribution in [0.15, 0.2) is 17.1 Å². The maximum atomic E-state index is 11.7. The fourth-order valence-electron chi connectivity index (χ4n) is 1.97. The molecule has 8 heteroatoms. The summed E-state index contributed by atoms with van der Waals surface area (Å²) >= 11 is 0. The van der Waals surface area contributed by atoms with Gasteiger partial charge in [0, 0.05) is 13.3 Å². The van der Waals surface area contributed by atoms with Crippen LogP contribution in [0.5, 0.6) is 0 Å². The number of nitrogens with zero attached hydrogens (tertiary/aromatic N) is 2. The Morgan fingerprint density at radius 3 is 2.94 bits per heavy atom. The number of ether oxygens (including phenoxy) is 2. The first-order valence-electron chi connectivity index (χ1n) is 5.40. The molecule has 0 spiro atoms. The second-order valence-corrected chi connectivity index (χ2v) is 3.98. The summed E-state index contributed by atoms with van der Waals surface area (Å²) < 4.78 is 11.7. The fourth-order valence-corrected chi connectivity index (χ4v) is 1.97. The van der Waals surface area contributed by atoms with Crippen molar-refractivity contribution >= 4 is 5.82 Å². The van der Waals surface area contributed by atoms with Gasteiger partial charge in [-0.3, -0.25) is 4.57 Å². The number of nitrogen functional groups attached to an aromatic ring is 1. The molecule has 2 heterocycles. The van der Waals surface area contributed by atoms with E-state index in [0.29, 0.717) is 0 Å². The highest BCUT2D eigenvalue weighted by Crippen LogP contribution is 2.30. The van der Waals surface area contributed by atoms with Crippen LogP contribution in [0.3, 0.4) is 0 Å². The van der Waals surface area contributed by atoms with Crippen molar-refractivity contribution in [2.45, 2.75) is 24.5 Å². The number of aliphatic hydroxyl groups is 2. The Hall–Kier alpha value is -1.48. The van der Waals surface area contributed by atoms with Gasteiger partial charge in [0.15, 0.2) is 6.23 Å². The fraction of sp³-hybridized carbons (Fsp3) is 0.600. The molecule has 1 saturated heterocycles. The third-order valence-corrected chi connectivity index (χ3v) is 2.89. The summed E-state index contributed by atoms with van der Waals surface area (Å²) in [7, 11) is 1.39. The number of aromatic nitrogens is 2. The Bertz CT molecular complexity index is 477. The minimum absolute atomic E-state index is 0.0995. The second-order valence-electron chi connectivity index (χ2n) is 3.98. The van der Waals surface area contributed by atoms with Gasteiger partial charge in [0.2, 0.25) is 0 Å². The van der Waals surface area contributed by atoms with E-state index < -0.39 is 30.2 Å². The molecule has 0 amide bonds. The summed E-state index contributed by atoms with van der Waals surface area (Å²) in [6.07, 6.45) is -2.01. The minimum atomic E-state index is -1.02. The van der Waals surface area contributed by atoms with Gasteiger partial charge < -0.3 is 25.4 Å². The molecule has 2 rings (SSSR count). The van der Waals surface area contributed by atoms with Gasteiger partial charge in [0.05, 0.1) is 6.61 Å². The average molecular weight is 257 g/mol. The zero-order valence-electron chi connectivity index (χ0n) is 9.76. The van der Waals surface area contributed by atoms with Crippen LogP contribution in [0, 0.1) is 0 Å². The highest BCUT2D eigenvalue weighted by Gasteiger charge is 2.45. The number of aliphatic hydroxyl groups excluding tert-OH is 2. The summed E-state index contributed by atoms with van der Waals surface area (Å²) in [6, 6.07) is 1.44. The van der Waals surface area contributed by atoms with Crippen molar-refractivity contribution in [2.75, 3.05) is 19.5 Å². The predicted molar refractivity (Wildman–Crippen MR) is 60.7 cm³/mol. The maximum Gasteiger partial charge on any atom is 0.351 e. The number of nitrogens with two attached hydrogens (primary N) is 1. The summed E-state index contributed by atoms with van der Waals surface area (Å²) in [6.45, 7) is -0.366. The molecule has 100 valence electrons. The summed E-state index contributed by atoms with van der Waals surface area (Å²) in [5.41, 5.74) is 4.78. The summed E-state index contributed by atoms with van der Waals surface area (Å²) in [5.74, 6) is 0.0995. The first-order chi connectivity index (χ1) is 8.58. The normalized spacial score (nSPS) is 31.7. The highest BCUT2D eigenvalue weighted by atomic mass is 16.6. The van der Waals surface area contributed by atoms with Crippen molar-refractivity contribution in [3.63, 3.8) is 0 Å². The van der Waals surface area contributed by atoms with E-state index in [1.165, 1.54) is 23.9 Å². The van der Waals surface area contributed by atoms with Gasteiger partial charge in [-0.25, -0.2) is 4.79 Å². The standard InChI is InChI=1S/C10H15N3O5/c1-17-8-7(15)5(4-14)18-9(8)13-3-2-6(11)12-10(13)16/h2-3,5,7-9,14-15H,4H2,1H3,(H2,11,12,16)/t5-,7-,8+,9?/m1/s1. The molecule has 8 nitrogen and oxygen atoms in total. The topological polar surface area (TPSA) is 120 Å². The van der Waals surface area contributed by atoms with Gasteiger partial charge in [0.25, 0.3) is 0 Å². The van der Waals surface area contributed by atoms with Gasteiger partial charge in [-0.1, -0.05) is 0 Å². The lowest BCUT2D eigenvalue weighted by Crippen LogP contribution is -2.37. The van der Waals surface area contributed by atoms with E-state index >= 15 is 0 Å². The molecule has 1 aliphatic rings. The van der Waals surface area contributed by atoms with Gasteiger partial charge in [-0.15, -0.1) is 0 Å². The molecule has 1 aromatic heterocycles. The lowest BCUT2D eigenvalue weighted by atomic mass is 10.1. The van der Waals surface area contributed by atoms with Crippen LogP contribution < -0.4 is 11.4 Å². The van der Waals surface area contributed by atoms with Crippen LogP contribution in [0.4, 0.5) is 5.82 Å². The Labute approximate surface area is 103 Å². The Kier molecular flexibility index (Phi) is 3.62. The van der Waals surface area contributed by atoms with Crippen LogP contribution in [-0.2, 0) is 9.47 Å². The number of anilines is 1. The molecule has 0 bridgehead atoms. The van der Waals surface area contributed by atoms with E-state index in [1.54, 1.807) is 0 Å². The first kappa shape index (κ1) is 13.0. The number of methoxy groups -OCH3 is 1. The third-order valence-electron chi connectivity index (χ3n) is 2.89. The van der Waals surface area contributed by atoms with E-state index in [9.17, 15) is 9.90 Å². The average Bonchev–Trinajstić information content (AvgIpc) is 2.65. The van der Waals surface area contributed by atoms with Crippen molar-refractivity contribution in [2.24, 2.45) is 0 Å². The first-order valence-corrected chi connectivity index (χ1v) is 5.40. The molecule has 0 radical (unpaired) electrons. The quantitative estimate of drug-likeness (QED) is 0.578.